The van der Waals surface area contributed by atoms with E-state index < -0.39 is 18.6 Å². The van der Waals surface area contributed by atoms with Crippen molar-refractivity contribution in [1.82, 2.24) is 0 Å². The van der Waals surface area contributed by atoms with E-state index in [4.69, 9.17) is 0 Å². The Kier molecular flexibility index (Phi) is 3.09. The van der Waals surface area contributed by atoms with E-state index in [1.807, 2.05) is 0 Å². The van der Waals surface area contributed by atoms with Crippen LogP contribution in [0.4, 0.5) is 18.9 Å². The van der Waals surface area contributed by atoms with Crippen LogP contribution in [0.2, 0.25) is 0 Å². The van der Waals surface area contributed by atoms with Crippen LogP contribution in [-0.4, -0.2) is 18.6 Å². The first-order valence-corrected chi connectivity index (χ1v) is 5.42. The van der Waals surface area contributed by atoms with Gasteiger partial charge in [0.15, 0.2) is 0 Å². The van der Waals surface area contributed by atoms with Crippen molar-refractivity contribution < 1.29 is 18.0 Å². The minimum absolute atomic E-state index is 0.171. The molecule has 92 valence electrons. The number of benzene rings is 1. The normalized spacial score (nSPS) is 16.6. The number of hydrogen-bond acceptors (Lipinski definition) is 1. The van der Waals surface area contributed by atoms with Crippen molar-refractivity contribution in [2.24, 2.45) is 0 Å². The van der Waals surface area contributed by atoms with Crippen LogP contribution in [0, 0.1) is 0 Å². The Labute approximate surface area is 97.0 Å². The summed E-state index contributed by atoms with van der Waals surface area (Å²) in [5.74, 6) is -0.452. The molecule has 0 unspecified atom stereocenters. The number of carbonyl (C=O) groups excluding carboxylic acids is 1. The number of aryl methyl sites for hydroxylation is 1. The molecule has 0 bridgehead atoms. The second-order valence-corrected chi connectivity index (χ2v) is 4.08. The van der Waals surface area contributed by atoms with Crippen molar-refractivity contribution in [3.05, 3.63) is 29.8 Å². The van der Waals surface area contributed by atoms with Crippen molar-refractivity contribution in [3.8, 4) is 0 Å². The smallest absolute Gasteiger partial charge is 0.303 e. The summed E-state index contributed by atoms with van der Waals surface area (Å²) < 4.78 is 37.3. The largest absolute Gasteiger partial charge is 0.406 e. The zero-order valence-electron chi connectivity index (χ0n) is 9.13. The fraction of sp³-hybridized carbons (Fsp3) is 0.417. The second-order valence-electron chi connectivity index (χ2n) is 4.08. The van der Waals surface area contributed by atoms with E-state index in [0.29, 0.717) is 18.5 Å². The molecule has 1 aliphatic heterocycles. The van der Waals surface area contributed by atoms with E-state index in [1.54, 1.807) is 24.3 Å². The summed E-state index contributed by atoms with van der Waals surface area (Å²) in [5.41, 5.74) is 1.20. The minimum atomic E-state index is -4.37. The van der Waals surface area contributed by atoms with Gasteiger partial charge >= 0.3 is 6.18 Å². The van der Waals surface area contributed by atoms with Crippen LogP contribution in [0.1, 0.15) is 18.4 Å². The lowest BCUT2D eigenvalue weighted by Crippen LogP contribution is -2.38. The molecule has 2 rings (SSSR count). The first kappa shape index (κ1) is 12.0. The highest BCUT2D eigenvalue weighted by molar-refractivity contribution is 5.94. The third kappa shape index (κ3) is 2.78. The molecule has 1 aliphatic rings. The van der Waals surface area contributed by atoms with E-state index in [2.05, 4.69) is 0 Å². The van der Waals surface area contributed by atoms with Crippen LogP contribution in [0.5, 0.6) is 0 Å². The SMILES string of the molecule is O=C1CCCc2ccccc2N1CC(F)(F)F. The summed E-state index contributed by atoms with van der Waals surface area (Å²) in [4.78, 5) is 12.5. The Morgan fingerprint density at radius 2 is 1.88 bits per heavy atom. The zero-order chi connectivity index (χ0) is 12.5. The number of rotatable bonds is 1. The molecule has 1 aromatic carbocycles. The van der Waals surface area contributed by atoms with Gasteiger partial charge in [-0.25, -0.2) is 0 Å². The predicted molar refractivity (Wildman–Crippen MR) is 57.8 cm³/mol. The Morgan fingerprint density at radius 3 is 2.59 bits per heavy atom. The first-order chi connectivity index (χ1) is 7.97. The first-order valence-electron chi connectivity index (χ1n) is 5.42. The Hall–Kier alpha value is -1.52. The average molecular weight is 243 g/mol. The van der Waals surface area contributed by atoms with E-state index in [1.165, 1.54) is 0 Å². The molecule has 1 amide bonds. The molecule has 1 heterocycles. The Bertz CT molecular complexity index is 428. The molecule has 0 aliphatic carbocycles. The molecule has 1 aromatic rings. The number of para-hydroxylation sites is 1. The third-order valence-electron chi connectivity index (χ3n) is 2.76. The molecule has 0 fully saturated rings. The quantitative estimate of drug-likeness (QED) is 0.742. The Balaban J connectivity index is 2.37. The van der Waals surface area contributed by atoms with Gasteiger partial charge in [0.05, 0.1) is 0 Å². The topological polar surface area (TPSA) is 20.3 Å². The minimum Gasteiger partial charge on any atom is -0.303 e. The highest BCUT2D eigenvalue weighted by Gasteiger charge is 2.35. The lowest BCUT2D eigenvalue weighted by atomic mass is 10.1. The number of halogens is 3. The summed E-state index contributed by atoms with van der Waals surface area (Å²) in [7, 11) is 0. The summed E-state index contributed by atoms with van der Waals surface area (Å²) >= 11 is 0. The fourth-order valence-corrected chi connectivity index (χ4v) is 2.04. The zero-order valence-corrected chi connectivity index (χ0v) is 9.13. The predicted octanol–water partition coefficient (Wildman–Crippen LogP) is 2.92. The van der Waals surface area contributed by atoms with Gasteiger partial charge in [-0.15, -0.1) is 0 Å². The van der Waals surface area contributed by atoms with Crippen molar-refractivity contribution >= 4 is 11.6 Å². The van der Waals surface area contributed by atoms with Crippen LogP contribution < -0.4 is 4.90 Å². The molecule has 0 aromatic heterocycles. The monoisotopic (exact) mass is 243 g/mol. The molecule has 0 atom stereocenters. The number of nitrogens with zero attached hydrogens (tertiary/aromatic N) is 1. The number of amides is 1. The molecule has 0 spiro atoms. The molecular formula is C12H12F3NO. The fourth-order valence-electron chi connectivity index (χ4n) is 2.04. The summed E-state index contributed by atoms with van der Waals surface area (Å²) in [5, 5.41) is 0. The van der Waals surface area contributed by atoms with Crippen LogP contribution in [-0.2, 0) is 11.2 Å². The van der Waals surface area contributed by atoms with Crippen molar-refractivity contribution in [2.45, 2.75) is 25.4 Å². The lowest BCUT2D eigenvalue weighted by molar-refractivity contribution is -0.132. The van der Waals surface area contributed by atoms with Gasteiger partial charge in [0.25, 0.3) is 0 Å². The average Bonchev–Trinajstić information content (AvgIpc) is 2.38. The molecule has 0 saturated heterocycles. The van der Waals surface area contributed by atoms with Crippen LogP contribution in [0.15, 0.2) is 24.3 Å². The maximum Gasteiger partial charge on any atom is 0.406 e. The van der Waals surface area contributed by atoms with Gasteiger partial charge in [-0.05, 0) is 24.5 Å². The van der Waals surface area contributed by atoms with Crippen LogP contribution in [0.3, 0.4) is 0 Å². The number of fused-ring (bicyclic) bond motifs is 1. The maximum absolute atomic E-state index is 12.4. The number of alkyl halides is 3. The summed E-state index contributed by atoms with van der Waals surface area (Å²) in [6, 6.07) is 6.78. The Morgan fingerprint density at radius 1 is 1.18 bits per heavy atom. The molecule has 2 nitrogen and oxygen atoms in total. The van der Waals surface area contributed by atoms with Crippen LogP contribution in [0.25, 0.3) is 0 Å². The van der Waals surface area contributed by atoms with Crippen molar-refractivity contribution in [2.75, 3.05) is 11.4 Å². The lowest BCUT2D eigenvalue weighted by Gasteiger charge is -2.24. The number of hydrogen-bond donors (Lipinski definition) is 0. The molecule has 0 radical (unpaired) electrons. The van der Waals surface area contributed by atoms with E-state index in [0.717, 1.165) is 10.5 Å². The van der Waals surface area contributed by atoms with E-state index in [9.17, 15) is 18.0 Å². The standard InChI is InChI=1S/C12H12F3NO/c13-12(14,15)8-16-10-6-2-1-4-9(10)5-3-7-11(16)17/h1-2,4,6H,3,5,7-8H2. The molecular weight excluding hydrogens is 231 g/mol. The van der Waals surface area contributed by atoms with Gasteiger partial charge in [0, 0.05) is 12.1 Å². The summed E-state index contributed by atoms with van der Waals surface area (Å²) in [6.45, 7) is -1.21. The molecule has 17 heavy (non-hydrogen) atoms. The van der Waals surface area contributed by atoms with Crippen molar-refractivity contribution in [3.63, 3.8) is 0 Å². The number of anilines is 1. The second kappa shape index (κ2) is 4.39. The molecule has 5 heteroatoms. The van der Waals surface area contributed by atoms with Crippen molar-refractivity contribution in [1.29, 1.82) is 0 Å². The van der Waals surface area contributed by atoms with Crippen LogP contribution >= 0.6 is 0 Å². The maximum atomic E-state index is 12.4. The number of carbonyl (C=O) groups is 1. The third-order valence-corrected chi connectivity index (χ3v) is 2.76. The highest BCUT2D eigenvalue weighted by atomic mass is 19.4. The van der Waals surface area contributed by atoms with Gasteiger partial charge in [-0.1, -0.05) is 18.2 Å². The molecule has 0 N–H and O–H groups in total. The highest BCUT2D eigenvalue weighted by Crippen LogP contribution is 2.29. The van der Waals surface area contributed by atoms with Gasteiger partial charge in [-0.2, -0.15) is 13.2 Å². The van der Waals surface area contributed by atoms with Gasteiger partial charge in [0.2, 0.25) is 5.91 Å². The summed E-state index contributed by atoms with van der Waals surface area (Å²) in [6.07, 6.45) is -2.95. The van der Waals surface area contributed by atoms with Gasteiger partial charge < -0.3 is 4.90 Å². The van der Waals surface area contributed by atoms with Gasteiger partial charge in [0.1, 0.15) is 6.54 Å². The molecule has 0 saturated carbocycles. The van der Waals surface area contributed by atoms with E-state index in [-0.39, 0.29) is 6.42 Å². The van der Waals surface area contributed by atoms with Gasteiger partial charge in [-0.3, -0.25) is 4.79 Å². The van der Waals surface area contributed by atoms with E-state index >= 15 is 0 Å².